The van der Waals surface area contributed by atoms with E-state index in [1.165, 1.54) is 0 Å². The Morgan fingerprint density at radius 1 is 1.21 bits per heavy atom. The highest BCUT2D eigenvalue weighted by Crippen LogP contribution is 2.31. The Hall–Kier alpha value is -4.12. The number of fused-ring (bicyclic) bond motifs is 1. The Morgan fingerprint density at radius 2 is 2.05 bits per heavy atom. The topological polar surface area (TPSA) is 127 Å². The van der Waals surface area contributed by atoms with Crippen molar-refractivity contribution in [3.63, 3.8) is 0 Å². The van der Waals surface area contributed by atoms with Gasteiger partial charge in [-0.25, -0.2) is 9.97 Å². The molecule has 1 amide bonds. The Morgan fingerprint density at radius 3 is 2.76 bits per heavy atom. The molecule has 0 bridgehead atoms. The van der Waals surface area contributed by atoms with Gasteiger partial charge in [-0.15, -0.1) is 0 Å². The van der Waals surface area contributed by atoms with Gasteiger partial charge in [-0.1, -0.05) is 45.0 Å². The zero-order valence-corrected chi connectivity index (χ0v) is 22.4. The van der Waals surface area contributed by atoms with Crippen LogP contribution < -0.4 is 10.6 Å². The van der Waals surface area contributed by atoms with E-state index in [0.29, 0.717) is 11.8 Å². The molecule has 0 saturated heterocycles. The molecule has 5 rings (SSSR count). The maximum absolute atomic E-state index is 13.1. The minimum atomic E-state index is -0.337. The van der Waals surface area contributed by atoms with Crippen LogP contribution in [0.3, 0.4) is 0 Å². The van der Waals surface area contributed by atoms with Crippen LogP contribution >= 0.6 is 0 Å². The molecule has 0 radical (unpaired) electrons. The molecule has 4 heterocycles. The van der Waals surface area contributed by atoms with Crippen LogP contribution in [0.25, 0.3) is 11.3 Å². The van der Waals surface area contributed by atoms with Crippen molar-refractivity contribution in [2.24, 2.45) is 7.05 Å². The highest BCUT2D eigenvalue weighted by molar-refractivity contribution is 5.90. The first kappa shape index (κ1) is 25.5. The largest absolute Gasteiger partial charge is 0.342 e. The maximum Gasteiger partial charge on any atom is 0.293 e. The number of benzene rings is 1. The van der Waals surface area contributed by atoms with Gasteiger partial charge in [-0.05, 0) is 36.2 Å². The van der Waals surface area contributed by atoms with Crippen molar-refractivity contribution in [1.29, 1.82) is 0 Å². The van der Waals surface area contributed by atoms with Gasteiger partial charge in [-0.2, -0.15) is 10.1 Å². The van der Waals surface area contributed by atoms with E-state index in [0.717, 1.165) is 54.1 Å². The zero-order valence-electron chi connectivity index (χ0n) is 22.4. The molecule has 1 aliphatic rings. The third-order valence-corrected chi connectivity index (χ3v) is 6.58. The summed E-state index contributed by atoms with van der Waals surface area (Å²) >= 11 is 0. The lowest BCUT2D eigenvalue weighted by Gasteiger charge is -2.19. The molecular weight excluding hydrogens is 482 g/mol. The van der Waals surface area contributed by atoms with Crippen LogP contribution in [-0.2, 0) is 19.0 Å². The summed E-state index contributed by atoms with van der Waals surface area (Å²) in [7, 11) is 1.86. The van der Waals surface area contributed by atoms with Crippen molar-refractivity contribution < 1.29 is 9.32 Å². The van der Waals surface area contributed by atoms with Crippen LogP contribution in [0.4, 0.5) is 11.6 Å². The second kappa shape index (κ2) is 10.3. The molecule has 4 aromatic rings. The van der Waals surface area contributed by atoms with Crippen molar-refractivity contribution >= 4 is 17.5 Å². The molecule has 0 spiro atoms. The van der Waals surface area contributed by atoms with Crippen molar-refractivity contribution in [2.45, 2.75) is 52.1 Å². The minimum Gasteiger partial charge on any atom is -0.342 e. The van der Waals surface area contributed by atoms with Gasteiger partial charge in [0.25, 0.3) is 11.7 Å². The van der Waals surface area contributed by atoms with Crippen LogP contribution in [0.2, 0.25) is 0 Å². The fourth-order valence-corrected chi connectivity index (χ4v) is 4.49. The first-order valence-electron chi connectivity index (χ1n) is 12.8. The average Bonchev–Trinajstić information content (AvgIpc) is 3.51. The van der Waals surface area contributed by atoms with Gasteiger partial charge in [0.1, 0.15) is 0 Å². The molecule has 198 valence electrons. The zero-order chi connectivity index (χ0) is 26.9. The predicted octanol–water partition coefficient (Wildman–Crippen LogP) is 4.00. The second-order valence-electron chi connectivity index (χ2n) is 10.6. The van der Waals surface area contributed by atoms with Gasteiger partial charge in [0.05, 0.1) is 23.6 Å². The van der Waals surface area contributed by atoms with Crippen LogP contribution in [0.5, 0.6) is 0 Å². The second-order valence-corrected chi connectivity index (χ2v) is 10.6. The van der Waals surface area contributed by atoms with Gasteiger partial charge in [0.15, 0.2) is 0 Å². The van der Waals surface area contributed by atoms with E-state index in [1.807, 2.05) is 46.1 Å². The minimum absolute atomic E-state index is 0.0549. The third kappa shape index (κ3) is 5.57. The van der Waals surface area contributed by atoms with Gasteiger partial charge in [-0.3, -0.25) is 14.4 Å². The molecule has 0 fully saturated rings. The molecule has 2 N–H and O–H groups in total. The highest BCUT2D eigenvalue weighted by Gasteiger charge is 2.28. The normalized spacial score (nSPS) is 16.1. The van der Waals surface area contributed by atoms with Crippen molar-refractivity contribution in [3.8, 4) is 11.3 Å². The standard InChI is InChI=1S/C27H33N9O2/c1-6-36-12-10-22(31-24(37)23-33-25(38-34-23)27(2,3)4)20-8-7-17(13-18(20)15-36)21-9-11-28-26(32-21)30-19-14-29-35(5)16-19/h7-9,11,13-14,16,22H,6,10,12,15H2,1-5H3,(H,31,37)(H,28,30,32)/t22-/m1/s1. The summed E-state index contributed by atoms with van der Waals surface area (Å²) in [5.41, 5.74) is 4.52. The van der Waals surface area contributed by atoms with Crippen molar-refractivity contribution in [1.82, 2.24) is 40.1 Å². The molecule has 1 aromatic carbocycles. The van der Waals surface area contributed by atoms with E-state index in [1.54, 1.807) is 17.1 Å². The summed E-state index contributed by atoms with van der Waals surface area (Å²) in [6.45, 7) is 10.6. The van der Waals surface area contributed by atoms with Gasteiger partial charge in [0, 0.05) is 43.5 Å². The fourth-order valence-electron chi connectivity index (χ4n) is 4.49. The Bertz CT molecular complexity index is 1440. The lowest BCUT2D eigenvalue weighted by molar-refractivity contribution is 0.0919. The molecule has 11 nitrogen and oxygen atoms in total. The number of aryl methyl sites for hydroxylation is 1. The summed E-state index contributed by atoms with van der Waals surface area (Å²) in [4.78, 5) is 28.8. The Labute approximate surface area is 221 Å². The summed E-state index contributed by atoms with van der Waals surface area (Å²) in [5.74, 6) is 0.656. The monoisotopic (exact) mass is 515 g/mol. The van der Waals surface area contributed by atoms with Crippen LogP contribution in [0, 0.1) is 0 Å². The van der Waals surface area contributed by atoms with E-state index in [4.69, 9.17) is 9.51 Å². The van der Waals surface area contributed by atoms with Gasteiger partial charge < -0.3 is 15.2 Å². The molecule has 0 unspecified atom stereocenters. The number of amides is 1. The Kier molecular flexibility index (Phi) is 6.94. The number of carbonyl (C=O) groups is 1. The number of nitrogens with one attached hydrogen (secondary N) is 2. The van der Waals surface area contributed by atoms with E-state index in [9.17, 15) is 4.79 Å². The number of carbonyl (C=O) groups excluding carboxylic acids is 1. The number of nitrogens with zero attached hydrogens (tertiary/aromatic N) is 7. The molecule has 11 heteroatoms. The lowest BCUT2D eigenvalue weighted by atomic mass is 9.96. The number of aromatic nitrogens is 6. The Balaban J connectivity index is 1.40. The summed E-state index contributed by atoms with van der Waals surface area (Å²) in [6.07, 6.45) is 6.11. The smallest absolute Gasteiger partial charge is 0.293 e. The molecular formula is C27H33N9O2. The SMILES string of the molecule is CCN1CC[C@@H](NC(=O)c2noc(C(C)(C)C)n2)c2ccc(-c3ccnc(Nc4cnn(C)c4)n3)cc2C1. The fraction of sp³-hybridized carbons (Fsp3) is 0.407. The number of hydrogen-bond donors (Lipinski definition) is 2. The molecule has 0 aliphatic carbocycles. The number of anilines is 2. The van der Waals surface area contributed by atoms with Crippen LogP contribution in [-0.4, -0.2) is 53.8 Å². The highest BCUT2D eigenvalue weighted by atomic mass is 16.5. The van der Waals surface area contributed by atoms with E-state index in [-0.39, 0.29) is 23.2 Å². The number of rotatable bonds is 6. The van der Waals surface area contributed by atoms with E-state index < -0.39 is 0 Å². The van der Waals surface area contributed by atoms with Gasteiger partial charge >= 0.3 is 0 Å². The van der Waals surface area contributed by atoms with Gasteiger partial charge in [0.2, 0.25) is 11.8 Å². The summed E-state index contributed by atoms with van der Waals surface area (Å²) < 4.78 is 7.05. The van der Waals surface area contributed by atoms with E-state index >= 15 is 0 Å². The average molecular weight is 516 g/mol. The van der Waals surface area contributed by atoms with Crippen LogP contribution in [0.1, 0.15) is 67.8 Å². The maximum atomic E-state index is 13.1. The molecule has 1 atom stereocenters. The molecule has 1 aliphatic heterocycles. The third-order valence-electron chi connectivity index (χ3n) is 6.58. The molecule has 0 saturated carbocycles. The van der Waals surface area contributed by atoms with Crippen LogP contribution in [0.15, 0.2) is 47.4 Å². The summed E-state index contributed by atoms with van der Waals surface area (Å²) in [6, 6.07) is 8.01. The number of hydrogen-bond acceptors (Lipinski definition) is 9. The summed E-state index contributed by atoms with van der Waals surface area (Å²) in [5, 5.41) is 14.4. The van der Waals surface area contributed by atoms with Crippen molar-refractivity contribution in [3.05, 3.63) is 65.7 Å². The molecule has 3 aromatic heterocycles. The first-order valence-corrected chi connectivity index (χ1v) is 12.8. The first-order chi connectivity index (χ1) is 18.2. The predicted molar refractivity (Wildman–Crippen MR) is 143 cm³/mol. The van der Waals surface area contributed by atoms with E-state index in [2.05, 4.69) is 54.8 Å². The molecule has 38 heavy (non-hydrogen) atoms. The van der Waals surface area contributed by atoms with Crippen molar-refractivity contribution in [2.75, 3.05) is 18.4 Å². The lowest BCUT2D eigenvalue weighted by Crippen LogP contribution is -2.31. The quantitative estimate of drug-likeness (QED) is 0.392.